The Labute approximate surface area is 238 Å². The lowest BCUT2D eigenvalue weighted by Gasteiger charge is -2.51. The molecule has 1 aromatic carbocycles. The summed E-state index contributed by atoms with van der Waals surface area (Å²) in [6.45, 7) is 8.27. The van der Waals surface area contributed by atoms with E-state index in [1.807, 2.05) is 25.7 Å². The van der Waals surface area contributed by atoms with Crippen molar-refractivity contribution >= 4 is 17.5 Å². The Kier molecular flexibility index (Phi) is 8.60. The van der Waals surface area contributed by atoms with Crippen molar-refractivity contribution in [3.63, 3.8) is 0 Å². The zero-order valence-electron chi connectivity index (χ0n) is 24.3. The van der Waals surface area contributed by atoms with Gasteiger partial charge < -0.3 is 15.8 Å². The van der Waals surface area contributed by atoms with Gasteiger partial charge in [0.05, 0.1) is 0 Å². The number of carboxylic acid groups (broad SMARTS) is 1. The average molecular weight is 549 g/mol. The number of anilines is 1. The van der Waals surface area contributed by atoms with Crippen molar-refractivity contribution in [2.24, 2.45) is 23.2 Å². The quantitative estimate of drug-likeness (QED) is 0.210. The van der Waals surface area contributed by atoms with Gasteiger partial charge in [0, 0.05) is 42.0 Å². The first-order valence-corrected chi connectivity index (χ1v) is 15.2. The number of hydrogen-bond donors (Lipinski definition) is 3. The molecule has 40 heavy (non-hydrogen) atoms. The smallest absolute Gasteiger partial charge is 0.325 e. The Hall–Kier alpha value is -2.80. The highest BCUT2D eigenvalue weighted by Crippen LogP contribution is 2.46. The summed E-state index contributed by atoms with van der Waals surface area (Å²) in [5.41, 5.74) is 3.37. The van der Waals surface area contributed by atoms with Gasteiger partial charge in [-0.3, -0.25) is 9.69 Å². The van der Waals surface area contributed by atoms with Crippen LogP contribution in [0.4, 0.5) is 10.2 Å². The zero-order valence-corrected chi connectivity index (χ0v) is 24.3. The summed E-state index contributed by atoms with van der Waals surface area (Å²) in [6.07, 6.45) is 10.8. The van der Waals surface area contributed by atoms with Crippen molar-refractivity contribution in [2.45, 2.75) is 84.6 Å². The van der Waals surface area contributed by atoms with Gasteiger partial charge in [-0.15, -0.1) is 0 Å². The minimum Gasteiger partial charge on any atom is -0.480 e. The first-order chi connectivity index (χ1) is 19.1. The van der Waals surface area contributed by atoms with Crippen molar-refractivity contribution < 1.29 is 14.3 Å². The molecule has 6 nitrogen and oxygen atoms in total. The predicted octanol–water partition coefficient (Wildman–Crippen LogP) is 6.88. The molecule has 1 atom stereocenters. The lowest BCUT2D eigenvalue weighted by atomic mass is 9.64. The summed E-state index contributed by atoms with van der Waals surface area (Å²) in [7, 11) is 0. The number of carboxylic acids is 1. The maximum absolute atomic E-state index is 14.2. The summed E-state index contributed by atoms with van der Waals surface area (Å²) < 4.78 is 14.2. The number of nitrogens with one attached hydrogen (secondary N) is 2. The number of likely N-dealkylation sites (tertiary alicyclic amines) is 1. The van der Waals surface area contributed by atoms with E-state index in [9.17, 15) is 14.3 Å². The van der Waals surface area contributed by atoms with Gasteiger partial charge in [0.25, 0.3) is 0 Å². The second-order valence-electron chi connectivity index (χ2n) is 13.3. The first-order valence-electron chi connectivity index (χ1n) is 15.2. The van der Waals surface area contributed by atoms with Crippen LogP contribution in [0, 0.1) is 34.4 Å². The Morgan fingerprint density at radius 2 is 1.93 bits per heavy atom. The minimum absolute atomic E-state index is 0.337. The van der Waals surface area contributed by atoms with Crippen LogP contribution in [0.25, 0.3) is 0 Å². The molecule has 0 radical (unpaired) electrons. The number of carbonyl (C=O) groups is 1. The highest BCUT2D eigenvalue weighted by molar-refractivity contribution is 6.04. The van der Waals surface area contributed by atoms with Gasteiger partial charge in [-0.1, -0.05) is 46.1 Å². The van der Waals surface area contributed by atoms with Crippen LogP contribution < -0.4 is 5.32 Å². The molecule has 1 aromatic heterocycles. The number of halogens is 1. The van der Waals surface area contributed by atoms with Crippen molar-refractivity contribution in [2.75, 3.05) is 25.0 Å². The molecule has 2 aliphatic heterocycles. The number of nitrogens with zero attached hydrogens (tertiary/aromatic N) is 2. The molecule has 3 heterocycles. The highest BCUT2D eigenvalue weighted by atomic mass is 19.1. The predicted molar refractivity (Wildman–Crippen MR) is 158 cm³/mol. The van der Waals surface area contributed by atoms with Gasteiger partial charge in [-0.2, -0.15) is 0 Å². The van der Waals surface area contributed by atoms with Gasteiger partial charge in [-0.05, 0) is 91.7 Å². The second-order valence-corrected chi connectivity index (χ2v) is 13.3. The summed E-state index contributed by atoms with van der Waals surface area (Å²) in [5.74, 6) is 1.64. The van der Waals surface area contributed by atoms with Gasteiger partial charge in [0.1, 0.15) is 17.7 Å². The number of fused-ring (bicyclic) bond motifs is 1. The van der Waals surface area contributed by atoms with E-state index in [2.05, 4.69) is 17.4 Å². The molecule has 2 aromatic rings. The molecule has 1 saturated carbocycles. The third-order valence-electron chi connectivity index (χ3n) is 9.30. The molecular formula is C33H45FN4O2. The third-order valence-corrected chi connectivity index (χ3v) is 9.30. The van der Waals surface area contributed by atoms with E-state index < -0.39 is 23.2 Å². The fourth-order valence-corrected chi connectivity index (χ4v) is 6.77. The summed E-state index contributed by atoms with van der Waals surface area (Å²) in [4.78, 5) is 19.1. The summed E-state index contributed by atoms with van der Waals surface area (Å²) in [5, 5.41) is 22.2. The Bertz CT molecular complexity index is 1230. The molecule has 3 aliphatic rings. The molecule has 1 aliphatic carbocycles. The molecule has 216 valence electrons. The molecule has 2 fully saturated rings. The van der Waals surface area contributed by atoms with Crippen molar-refractivity contribution in [3.8, 4) is 0 Å². The summed E-state index contributed by atoms with van der Waals surface area (Å²) >= 11 is 0. The van der Waals surface area contributed by atoms with E-state index in [1.165, 1.54) is 68.3 Å². The van der Waals surface area contributed by atoms with Crippen LogP contribution in [0.2, 0.25) is 0 Å². The highest BCUT2D eigenvalue weighted by Gasteiger charge is 2.45. The molecule has 0 amide bonds. The fourth-order valence-electron chi connectivity index (χ4n) is 6.77. The Balaban J connectivity index is 1.05. The van der Waals surface area contributed by atoms with Gasteiger partial charge in [-0.25, -0.2) is 9.37 Å². The standard InChI is InChI=1S/C33H45FN4O2/c1-33(2,3)30(35)27-14-12-25(34)18-28(27)29(32(39)40)38-19-24(20-38)23-16-21(17-23)8-5-4-6-10-26-13-11-22-9-7-15-36-31(22)37-26/h11-14,18,21,23-24,29,35H,4-10,15-17,19-20H2,1-3H3,(H,36,37)(H,39,40). The van der Waals surface area contributed by atoms with Crippen LogP contribution in [0.1, 0.15) is 94.1 Å². The van der Waals surface area contributed by atoms with Crippen LogP contribution in [0.3, 0.4) is 0 Å². The SMILES string of the molecule is CC(C)(C)C(=N)c1ccc(F)cc1C(C(=O)O)N1CC(C2CC(CCCCCc3ccc4c(n3)NCCC4)C2)C1. The lowest BCUT2D eigenvalue weighted by molar-refractivity contribution is -0.148. The number of rotatable bonds is 11. The molecular weight excluding hydrogens is 503 g/mol. The van der Waals surface area contributed by atoms with Crippen LogP contribution in [-0.4, -0.2) is 46.3 Å². The van der Waals surface area contributed by atoms with Crippen molar-refractivity contribution in [3.05, 3.63) is 58.5 Å². The monoisotopic (exact) mass is 548 g/mol. The molecule has 0 spiro atoms. The molecule has 1 unspecified atom stereocenters. The largest absolute Gasteiger partial charge is 0.480 e. The van der Waals surface area contributed by atoms with Crippen LogP contribution in [0.15, 0.2) is 30.3 Å². The maximum atomic E-state index is 14.2. The average Bonchev–Trinajstić information content (AvgIpc) is 2.86. The Morgan fingerprint density at radius 1 is 1.15 bits per heavy atom. The fraction of sp³-hybridized carbons (Fsp3) is 0.606. The van der Waals surface area contributed by atoms with E-state index >= 15 is 0 Å². The van der Waals surface area contributed by atoms with Crippen LogP contribution in [0.5, 0.6) is 0 Å². The Morgan fingerprint density at radius 3 is 2.65 bits per heavy atom. The molecule has 7 heteroatoms. The van der Waals surface area contributed by atoms with Crippen LogP contribution >= 0.6 is 0 Å². The lowest BCUT2D eigenvalue weighted by Crippen LogP contribution is -2.55. The van der Waals surface area contributed by atoms with E-state index in [1.54, 1.807) is 6.07 Å². The first kappa shape index (κ1) is 28.7. The topological polar surface area (TPSA) is 89.3 Å². The van der Waals surface area contributed by atoms with Gasteiger partial charge in [0.15, 0.2) is 0 Å². The van der Waals surface area contributed by atoms with Gasteiger partial charge >= 0.3 is 5.97 Å². The number of pyridine rings is 1. The third kappa shape index (κ3) is 6.40. The number of hydrogen-bond acceptors (Lipinski definition) is 5. The number of aromatic nitrogens is 1. The number of aliphatic carboxylic acids is 1. The number of benzene rings is 1. The molecule has 3 N–H and O–H groups in total. The molecule has 1 saturated heterocycles. The molecule has 0 bridgehead atoms. The number of aryl methyl sites for hydroxylation is 2. The van der Waals surface area contributed by atoms with E-state index in [4.69, 9.17) is 10.4 Å². The van der Waals surface area contributed by atoms with E-state index in [0.717, 1.165) is 44.2 Å². The van der Waals surface area contributed by atoms with Crippen molar-refractivity contribution in [1.29, 1.82) is 5.41 Å². The summed E-state index contributed by atoms with van der Waals surface area (Å²) in [6, 6.07) is 7.74. The van der Waals surface area contributed by atoms with Gasteiger partial charge in [0.2, 0.25) is 0 Å². The van der Waals surface area contributed by atoms with Crippen LogP contribution in [-0.2, 0) is 17.6 Å². The maximum Gasteiger partial charge on any atom is 0.325 e. The minimum atomic E-state index is -0.972. The zero-order chi connectivity index (χ0) is 28.4. The second kappa shape index (κ2) is 12.0. The van der Waals surface area contributed by atoms with E-state index in [0.29, 0.717) is 28.7 Å². The molecule has 5 rings (SSSR count). The van der Waals surface area contributed by atoms with E-state index in [-0.39, 0.29) is 0 Å². The van der Waals surface area contributed by atoms with Crippen molar-refractivity contribution in [1.82, 2.24) is 9.88 Å². The number of unbranched alkanes of at least 4 members (excludes halogenated alkanes) is 2. The normalized spacial score (nSPS) is 22.0.